The summed E-state index contributed by atoms with van der Waals surface area (Å²) in [5.41, 5.74) is 13.2. The average Bonchev–Trinajstić information content (AvgIpc) is 2.69. The monoisotopic (exact) mass is 388 g/mol. The first-order valence-electron chi connectivity index (χ1n) is 10.2. The minimum atomic E-state index is -0.196. The quantitative estimate of drug-likeness (QED) is 0.685. The fourth-order valence-corrected chi connectivity index (χ4v) is 4.27. The Balaban J connectivity index is 1.59. The lowest BCUT2D eigenvalue weighted by Crippen LogP contribution is -2.41. The number of rotatable bonds is 4. The summed E-state index contributed by atoms with van der Waals surface area (Å²) in [6.45, 7) is 7.91. The number of carbonyl (C=O) groups is 1. The van der Waals surface area contributed by atoms with Crippen LogP contribution < -0.4 is 16.0 Å². The molecule has 0 radical (unpaired) electrons. The van der Waals surface area contributed by atoms with Gasteiger partial charge in [0.05, 0.1) is 11.4 Å². The van der Waals surface area contributed by atoms with Crippen molar-refractivity contribution < 1.29 is 4.79 Å². The van der Waals surface area contributed by atoms with Crippen LogP contribution in [-0.2, 0) is 4.79 Å². The highest BCUT2D eigenvalue weighted by molar-refractivity contribution is 5.95. The second-order valence-electron chi connectivity index (χ2n) is 8.15. The van der Waals surface area contributed by atoms with Crippen molar-refractivity contribution in [1.82, 2.24) is 4.98 Å². The van der Waals surface area contributed by atoms with Gasteiger partial charge < -0.3 is 16.0 Å². The first-order chi connectivity index (χ1) is 13.9. The third-order valence-corrected chi connectivity index (χ3v) is 5.71. The zero-order chi connectivity index (χ0) is 20.5. The van der Waals surface area contributed by atoms with E-state index in [0.29, 0.717) is 6.54 Å². The Kier molecular flexibility index (Phi) is 5.14. The summed E-state index contributed by atoms with van der Waals surface area (Å²) >= 11 is 0. The van der Waals surface area contributed by atoms with Crippen LogP contribution in [0, 0.1) is 26.7 Å². The van der Waals surface area contributed by atoms with E-state index in [1.807, 2.05) is 6.92 Å². The first kappa shape index (κ1) is 19.2. The second-order valence-corrected chi connectivity index (χ2v) is 8.15. The minimum Gasteiger partial charge on any atom is -0.371 e. The van der Waals surface area contributed by atoms with Gasteiger partial charge in [0.1, 0.15) is 0 Å². The molecule has 1 amide bonds. The van der Waals surface area contributed by atoms with Gasteiger partial charge in [-0.2, -0.15) is 0 Å². The summed E-state index contributed by atoms with van der Waals surface area (Å²) in [7, 11) is 0. The number of nitrogens with two attached hydrogens (primary N) is 1. The Morgan fingerprint density at radius 3 is 2.62 bits per heavy atom. The summed E-state index contributed by atoms with van der Waals surface area (Å²) in [5, 5.41) is 4.70. The van der Waals surface area contributed by atoms with Crippen molar-refractivity contribution in [2.24, 2.45) is 11.7 Å². The van der Waals surface area contributed by atoms with Crippen molar-refractivity contribution in [2.45, 2.75) is 33.6 Å². The largest absolute Gasteiger partial charge is 0.371 e. The van der Waals surface area contributed by atoms with Crippen LogP contribution in [0.5, 0.6) is 0 Å². The molecule has 0 spiro atoms. The van der Waals surface area contributed by atoms with Crippen LogP contribution in [0.3, 0.4) is 0 Å². The van der Waals surface area contributed by atoms with Gasteiger partial charge >= 0.3 is 0 Å². The molecule has 3 aromatic rings. The number of aryl methyl sites for hydroxylation is 3. The Morgan fingerprint density at radius 1 is 1.14 bits per heavy atom. The third-order valence-electron chi connectivity index (χ3n) is 5.71. The maximum atomic E-state index is 11.6. The third kappa shape index (κ3) is 4.04. The molecule has 0 aliphatic carbocycles. The van der Waals surface area contributed by atoms with Gasteiger partial charge in [0.15, 0.2) is 0 Å². The number of piperidine rings is 1. The standard InChI is InChI=1S/C24H28N4O/c1-15-11-16(2)23-21(12-15)22(13-17(3)26-23)27-19-6-8-20(9-7-19)28-10-4-5-18(14-28)24(25)29/h6-9,11-13,18H,4-5,10,14H2,1-3H3,(H2,25,29)(H,26,27)/t18-/m1/s1. The van der Waals surface area contributed by atoms with Crippen LogP contribution in [0.4, 0.5) is 17.1 Å². The van der Waals surface area contributed by atoms with Crippen molar-refractivity contribution >= 4 is 33.9 Å². The van der Waals surface area contributed by atoms with Crippen LogP contribution in [0.2, 0.25) is 0 Å². The van der Waals surface area contributed by atoms with Gasteiger partial charge in [-0.05, 0) is 75.6 Å². The Hall–Kier alpha value is -3.08. The average molecular weight is 389 g/mol. The van der Waals surface area contributed by atoms with Gasteiger partial charge in [0, 0.05) is 41.2 Å². The number of nitrogens with zero attached hydrogens (tertiary/aromatic N) is 2. The molecule has 1 fully saturated rings. The van der Waals surface area contributed by atoms with E-state index in [2.05, 4.69) is 66.5 Å². The molecular formula is C24H28N4O. The van der Waals surface area contributed by atoms with Gasteiger partial charge in [-0.25, -0.2) is 0 Å². The van der Waals surface area contributed by atoms with E-state index in [4.69, 9.17) is 10.7 Å². The fourth-order valence-electron chi connectivity index (χ4n) is 4.27. The van der Waals surface area contributed by atoms with Crippen LogP contribution in [0.25, 0.3) is 10.9 Å². The normalized spacial score (nSPS) is 16.8. The van der Waals surface area contributed by atoms with Crippen LogP contribution >= 0.6 is 0 Å². The lowest BCUT2D eigenvalue weighted by molar-refractivity contribution is -0.122. The van der Waals surface area contributed by atoms with E-state index in [1.165, 1.54) is 11.1 Å². The molecule has 29 heavy (non-hydrogen) atoms. The number of hydrogen-bond acceptors (Lipinski definition) is 4. The highest BCUT2D eigenvalue weighted by Crippen LogP contribution is 2.31. The lowest BCUT2D eigenvalue weighted by Gasteiger charge is -2.33. The van der Waals surface area contributed by atoms with E-state index in [1.54, 1.807) is 0 Å². The number of hydrogen-bond donors (Lipinski definition) is 2. The molecule has 3 N–H and O–H groups in total. The predicted molar refractivity (Wildman–Crippen MR) is 120 cm³/mol. The molecule has 0 unspecified atom stereocenters. The van der Waals surface area contributed by atoms with Crippen molar-refractivity contribution in [3.63, 3.8) is 0 Å². The molecule has 1 aliphatic rings. The van der Waals surface area contributed by atoms with Gasteiger partial charge in [-0.3, -0.25) is 9.78 Å². The van der Waals surface area contributed by atoms with Gasteiger partial charge in [0.25, 0.3) is 0 Å². The number of aromatic nitrogens is 1. The van der Waals surface area contributed by atoms with Crippen LogP contribution in [0.15, 0.2) is 42.5 Å². The van der Waals surface area contributed by atoms with Crippen molar-refractivity contribution in [2.75, 3.05) is 23.3 Å². The zero-order valence-electron chi connectivity index (χ0n) is 17.3. The number of amides is 1. The van der Waals surface area contributed by atoms with E-state index in [-0.39, 0.29) is 11.8 Å². The minimum absolute atomic E-state index is 0.0563. The molecule has 5 heteroatoms. The molecule has 5 nitrogen and oxygen atoms in total. The van der Waals surface area contributed by atoms with E-state index in [9.17, 15) is 4.79 Å². The zero-order valence-corrected chi connectivity index (χ0v) is 17.3. The van der Waals surface area contributed by atoms with Gasteiger partial charge in [0.2, 0.25) is 5.91 Å². The van der Waals surface area contributed by atoms with Gasteiger partial charge in [-0.1, -0.05) is 11.6 Å². The molecule has 0 saturated carbocycles. The van der Waals surface area contributed by atoms with E-state index < -0.39 is 0 Å². The van der Waals surface area contributed by atoms with Crippen molar-refractivity contribution in [3.05, 3.63) is 59.3 Å². The number of carbonyl (C=O) groups excluding carboxylic acids is 1. The summed E-state index contributed by atoms with van der Waals surface area (Å²) in [6, 6.07) is 14.9. The Labute approximate surface area is 171 Å². The topological polar surface area (TPSA) is 71.2 Å². The maximum absolute atomic E-state index is 11.6. The molecule has 1 aliphatic heterocycles. The van der Waals surface area contributed by atoms with E-state index in [0.717, 1.165) is 53.0 Å². The van der Waals surface area contributed by atoms with Crippen LogP contribution in [0.1, 0.15) is 29.7 Å². The lowest BCUT2D eigenvalue weighted by atomic mass is 9.97. The molecule has 0 bridgehead atoms. The molecule has 1 atom stereocenters. The first-order valence-corrected chi connectivity index (χ1v) is 10.2. The Bertz CT molecular complexity index is 1060. The molecule has 2 heterocycles. The summed E-state index contributed by atoms with van der Waals surface area (Å²) in [6.07, 6.45) is 1.88. The number of anilines is 3. The fraction of sp³-hybridized carbons (Fsp3) is 0.333. The molecule has 150 valence electrons. The number of fused-ring (bicyclic) bond motifs is 1. The predicted octanol–water partition coefficient (Wildman–Crippen LogP) is 4.61. The van der Waals surface area contributed by atoms with Gasteiger partial charge in [-0.15, -0.1) is 0 Å². The number of benzene rings is 2. The number of nitrogens with one attached hydrogen (secondary N) is 1. The van der Waals surface area contributed by atoms with Crippen molar-refractivity contribution in [1.29, 1.82) is 0 Å². The number of primary amides is 1. The maximum Gasteiger partial charge on any atom is 0.222 e. The molecule has 2 aromatic carbocycles. The Morgan fingerprint density at radius 2 is 1.90 bits per heavy atom. The highest BCUT2D eigenvalue weighted by atomic mass is 16.1. The smallest absolute Gasteiger partial charge is 0.222 e. The molecule has 1 saturated heterocycles. The van der Waals surface area contributed by atoms with Crippen LogP contribution in [-0.4, -0.2) is 24.0 Å². The highest BCUT2D eigenvalue weighted by Gasteiger charge is 2.24. The number of pyridine rings is 1. The summed E-state index contributed by atoms with van der Waals surface area (Å²) in [5.74, 6) is -0.252. The molecule has 4 rings (SSSR count). The second kappa shape index (κ2) is 7.74. The van der Waals surface area contributed by atoms with E-state index >= 15 is 0 Å². The summed E-state index contributed by atoms with van der Waals surface area (Å²) < 4.78 is 0. The summed E-state index contributed by atoms with van der Waals surface area (Å²) in [4.78, 5) is 18.5. The van der Waals surface area contributed by atoms with Crippen molar-refractivity contribution in [3.8, 4) is 0 Å². The molecule has 1 aromatic heterocycles. The molecular weight excluding hydrogens is 360 g/mol. The SMILES string of the molecule is Cc1cc(C)c2nc(C)cc(Nc3ccc(N4CCC[C@@H](C(N)=O)C4)cc3)c2c1.